The highest BCUT2D eigenvalue weighted by molar-refractivity contribution is 4.64. The van der Waals surface area contributed by atoms with E-state index in [-0.39, 0.29) is 6.04 Å². The zero-order valence-corrected chi connectivity index (χ0v) is 9.08. The Hall–Kier alpha value is -0.120. The second-order valence-corrected chi connectivity index (χ2v) is 3.63. The molecule has 0 aromatic rings. The molecule has 13 heavy (non-hydrogen) atoms. The second kappa shape index (κ2) is 8.48. The fourth-order valence-corrected chi connectivity index (χ4v) is 1.32. The molecule has 0 aliphatic rings. The van der Waals surface area contributed by atoms with Crippen molar-refractivity contribution in [2.24, 2.45) is 11.7 Å². The average Bonchev–Trinajstić information content (AvgIpc) is 2.05. The van der Waals surface area contributed by atoms with E-state index in [9.17, 15) is 0 Å². The minimum Gasteiger partial charge on any atom is -0.384 e. The van der Waals surface area contributed by atoms with E-state index < -0.39 is 0 Å². The van der Waals surface area contributed by atoms with Gasteiger partial charge in [-0.15, -0.1) is 0 Å². The van der Waals surface area contributed by atoms with E-state index in [0.717, 1.165) is 26.1 Å². The molecule has 0 amide bonds. The zero-order valence-electron chi connectivity index (χ0n) is 9.08. The molecule has 0 spiro atoms. The van der Waals surface area contributed by atoms with E-state index in [1.54, 1.807) is 7.11 Å². The molecule has 0 bridgehead atoms. The van der Waals surface area contributed by atoms with Gasteiger partial charge in [-0.2, -0.15) is 0 Å². The molecule has 2 atom stereocenters. The molecule has 0 rings (SSSR count). The van der Waals surface area contributed by atoms with Crippen LogP contribution in [-0.2, 0) is 9.47 Å². The minimum atomic E-state index is 0.150. The molecule has 0 aromatic carbocycles. The molecular formula is C10H23NO2. The van der Waals surface area contributed by atoms with Crippen molar-refractivity contribution in [3.63, 3.8) is 0 Å². The van der Waals surface area contributed by atoms with Crippen molar-refractivity contribution < 1.29 is 9.47 Å². The van der Waals surface area contributed by atoms with E-state index in [1.165, 1.54) is 0 Å². The van der Waals surface area contributed by atoms with Gasteiger partial charge in [0.05, 0.1) is 6.61 Å². The summed E-state index contributed by atoms with van der Waals surface area (Å²) in [5, 5.41) is 0. The Labute approximate surface area is 81.6 Å². The number of hydrogen-bond donors (Lipinski definition) is 1. The minimum absolute atomic E-state index is 0.150. The molecule has 0 radical (unpaired) electrons. The summed E-state index contributed by atoms with van der Waals surface area (Å²) in [6, 6.07) is 0.150. The van der Waals surface area contributed by atoms with Gasteiger partial charge in [0.1, 0.15) is 0 Å². The topological polar surface area (TPSA) is 44.5 Å². The molecular weight excluding hydrogens is 166 g/mol. The SMILES string of the molecule is CCCOCC(N)CC(C)COC. The first-order chi connectivity index (χ1) is 6.20. The second-order valence-electron chi connectivity index (χ2n) is 3.63. The Balaban J connectivity index is 3.32. The fourth-order valence-electron chi connectivity index (χ4n) is 1.32. The maximum atomic E-state index is 5.87. The molecule has 80 valence electrons. The summed E-state index contributed by atoms with van der Waals surface area (Å²) < 4.78 is 10.4. The molecule has 0 heterocycles. The Bertz CT molecular complexity index is 109. The lowest BCUT2D eigenvalue weighted by Gasteiger charge is -2.16. The molecule has 0 saturated heterocycles. The van der Waals surface area contributed by atoms with Crippen molar-refractivity contribution in [1.82, 2.24) is 0 Å². The summed E-state index contributed by atoms with van der Waals surface area (Å²) in [6.07, 6.45) is 2.03. The van der Waals surface area contributed by atoms with Crippen LogP contribution in [0.2, 0.25) is 0 Å². The molecule has 2 N–H and O–H groups in total. The summed E-state index contributed by atoms with van der Waals surface area (Å²) in [4.78, 5) is 0. The highest BCUT2D eigenvalue weighted by Crippen LogP contribution is 2.05. The van der Waals surface area contributed by atoms with Gasteiger partial charge < -0.3 is 15.2 Å². The van der Waals surface area contributed by atoms with Gasteiger partial charge in [0.15, 0.2) is 0 Å². The maximum absolute atomic E-state index is 5.87. The van der Waals surface area contributed by atoms with E-state index in [2.05, 4.69) is 13.8 Å². The Morgan fingerprint density at radius 3 is 2.54 bits per heavy atom. The van der Waals surface area contributed by atoms with Crippen LogP contribution in [0.25, 0.3) is 0 Å². The van der Waals surface area contributed by atoms with Crippen molar-refractivity contribution >= 4 is 0 Å². The summed E-state index contributed by atoms with van der Waals surface area (Å²) in [6.45, 7) is 6.50. The standard InChI is InChI=1S/C10H23NO2/c1-4-5-13-8-10(11)6-9(2)7-12-3/h9-10H,4-8,11H2,1-3H3. The molecule has 3 heteroatoms. The van der Waals surface area contributed by atoms with E-state index in [0.29, 0.717) is 12.5 Å². The van der Waals surface area contributed by atoms with Crippen molar-refractivity contribution in [3.05, 3.63) is 0 Å². The zero-order chi connectivity index (χ0) is 10.1. The normalized spacial score (nSPS) is 15.7. The third-order valence-electron chi connectivity index (χ3n) is 1.84. The predicted molar refractivity (Wildman–Crippen MR) is 54.7 cm³/mol. The van der Waals surface area contributed by atoms with Gasteiger partial charge in [0.25, 0.3) is 0 Å². The van der Waals surface area contributed by atoms with Gasteiger partial charge in [-0.1, -0.05) is 13.8 Å². The molecule has 0 aliphatic carbocycles. The lowest BCUT2D eigenvalue weighted by atomic mass is 10.0. The highest BCUT2D eigenvalue weighted by atomic mass is 16.5. The van der Waals surface area contributed by atoms with Gasteiger partial charge in [-0.25, -0.2) is 0 Å². The Kier molecular flexibility index (Phi) is 8.40. The maximum Gasteiger partial charge on any atom is 0.0617 e. The van der Waals surface area contributed by atoms with Gasteiger partial charge in [0.2, 0.25) is 0 Å². The van der Waals surface area contributed by atoms with Crippen LogP contribution in [0, 0.1) is 5.92 Å². The van der Waals surface area contributed by atoms with Crippen LogP contribution in [0.15, 0.2) is 0 Å². The first-order valence-corrected chi connectivity index (χ1v) is 5.03. The van der Waals surface area contributed by atoms with Gasteiger partial charge in [-0.3, -0.25) is 0 Å². The third-order valence-corrected chi connectivity index (χ3v) is 1.84. The first-order valence-electron chi connectivity index (χ1n) is 5.03. The summed E-state index contributed by atoms with van der Waals surface area (Å²) in [5.41, 5.74) is 5.87. The van der Waals surface area contributed by atoms with Crippen LogP contribution in [-0.4, -0.2) is 33.0 Å². The Morgan fingerprint density at radius 2 is 2.00 bits per heavy atom. The number of hydrogen-bond acceptors (Lipinski definition) is 3. The average molecular weight is 189 g/mol. The smallest absolute Gasteiger partial charge is 0.0617 e. The van der Waals surface area contributed by atoms with Crippen LogP contribution in [0.1, 0.15) is 26.7 Å². The van der Waals surface area contributed by atoms with E-state index in [1.807, 2.05) is 0 Å². The van der Waals surface area contributed by atoms with Gasteiger partial charge in [-0.05, 0) is 18.8 Å². The number of nitrogens with two attached hydrogens (primary N) is 1. The van der Waals surface area contributed by atoms with Crippen LogP contribution >= 0.6 is 0 Å². The van der Waals surface area contributed by atoms with Crippen LogP contribution < -0.4 is 5.73 Å². The van der Waals surface area contributed by atoms with Crippen molar-refractivity contribution in [1.29, 1.82) is 0 Å². The summed E-state index contributed by atoms with van der Waals surface area (Å²) >= 11 is 0. The quantitative estimate of drug-likeness (QED) is 0.587. The van der Waals surface area contributed by atoms with E-state index >= 15 is 0 Å². The molecule has 0 aromatic heterocycles. The van der Waals surface area contributed by atoms with Crippen molar-refractivity contribution in [2.45, 2.75) is 32.7 Å². The van der Waals surface area contributed by atoms with Gasteiger partial charge in [0, 0.05) is 26.4 Å². The third kappa shape index (κ3) is 8.22. The number of rotatable bonds is 8. The predicted octanol–water partition coefficient (Wildman–Crippen LogP) is 1.41. The van der Waals surface area contributed by atoms with E-state index in [4.69, 9.17) is 15.2 Å². The summed E-state index contributed by atoms with van der Waals surface area (Å²) in [5.74, 6) is 0.519. The largest absolute Gasteiger partial charge is 0.384 e. The molecule has 0 saturated carbocycles. The fraction of sp³-hybridized carbons (Fsp3) is 1.00. The highest BCUT2D eigenvalue weighted by Gasteiger charge is 2.08. The Morgan fingerprint density at radius 1 is 1.31 bits per heavy atom. The molecule has 2 unspecified atom stereocenters. The number of methoxy groups -OCH3 is 1. The van der Waals surface area contributed by atoms with Gasteiger partial charge >= 0.3 is 0 Å². The van der Waals surface area contributed by atoms with Crippen LogP contribution in [0.3, 0.4) is 0 Å². The van der Waals surface area contributed by atoms with Crippen molar-refractivity contribution in [2.75, 3.05) is 26.9 Å². The summed E-state index contributed by atoms with van der Waals surface area (Å²) in [7, 11) is 1.72. The molecule has 0 aliphatic heterocycles. The lowest BCUT2D eigenvalue weighted by molar-refractivity contribution is 0.103. The first kappa shape index (κ1) is 12.9. The monoisotopic (exact) mass is 189 g/mol. The lowest BCUT2D eigenvalue weighted by Crippen LogP contribution is -2.29. The van der Waals surface area contributed by atoms with Crippen LogP contribution in [0.4, 0.5) is 0 Å². The molecule has 3 nitrogen and oxygen atoms in total. The number of ether oxygens (including phenoxy) is 2. The van der Waals surface area contributed by atoms with Crippen molar-refractivity contribution in [3.8, 4) is 0 Å². The molecule has 0 fully saturated rings. The van der Waals surface area contributed by atoms with Crippen LogP contribution in [0.5, 0.6) is 0 Å².